The van der Waals surface area contributed by atoms with Crippen LogP contribution in [0.2, 0.25) is 0 Å². The molecule has 1 aromatic carbocycles. The van der Waals surface area contributed by atoms with E-state index >= 15 is 0 Å². The van der Waals surface area contributed by atoms with Crippen LogP contribution in [0.25, 0.3) is 0 Å². The van der Waals surface area contributed by atoms with Crippen molar-refractivity contribution in [1.82, 2.24) is 4.90 Å². The number of nitrogens with two attached hydrogens (primary N) is 1. The first-order chi connectivity index (χ1) is 12.7. The number of hydrogen-bond donors (Lipinski definition) is 1. The molecule has 1 saturated heterocycles. The molecule has 0 aromatic heterocycles. The lowest BCUT2D eigenvalue weighted by molar-refractivity contribution is -0.137. The Labute approximate surface area is 156 Å². The molecule has 1 heterocycles. The van der Waals surface area contributed by atoms with Crippen molar-refractivity contribution in [3.8, 4) is 6.07 Å². The van der Waals surface area contributed by atoms with Gasteiger partial charge >= 0.3 is 0 Å². The predicted octanol–water partition coefficient (Wildman–Crippen LogP) is 2.96. The maximum Gasteiger partial charge on any atom is 0.237 e. The van der Waals surface area contributed by atoms with Crippen molar-refractivity contribution in [2.75, 3.05) is 13.2 Å². The molecule has 2 atom stereocenters. The Morgan fingerprint density at radius 2 is 1.92 bits per heavy atom. The minimum absolute atomic E-state index is 0.0629. The number of amides is 1. The van der Waals surface area contributed by atoms with E-state index in [1.54, 1.807) is 4.90 Å². The summed E-state index contributed by atoms with van der Waals surface area (Å²) in [5.74, 6) is 0.505. The van der Waals surface area contributed by atoms with E-state index in [2.05, 4.69) is 30.3 Å². The number of carbonyl (C=O) groups excluding carboxylic acids is 1. The number of piperidine rings is 1. The summed E-state index contributed by atoms with van der Waals surface area (Å²) >= 11 is 0. The Kier molecular flexibility index (Phi) is 6.65. The van der Waals surface area contributed by atoms with Gasteiger partial charge in [-0.25, -0.2) is 0 Å². The summed E-state index contributed by atoms with van der Waals surface area (Å²) in [4.78, 5) is 14.0. The molecule has 2 fully saturated rings. The van der Waals surface area contributed by atoms with Crippen molar-refractivity contribution in [3.63, 3.8) is 0 Å². The molecule has 5 heteroatoms. The Balaban J connectivity index is 1.50. The molecular weight excluding hydrogens is 326 g/mol. The smallest absolute Gasteiger partial charge is 0.237 e. The topological polar surface area (TPSA) is 79.4 Å². The van der Waals surface area contributed by atoms with E-state index in [4.69, 9.17) is 15.7 Å². The molecule has 26 heavy (non-hydrogen) atoms. The lowest BCUT2D eigenvalue weighted by atomic mass is 9.83. The molecular formula is C21H29N3O2. The largest absolute Gasteiger partial charge is 0.376 e. The Bertz CT molecular complexity index is 620. The molecule has 3 rings (SSSR count). The zero-order chi connectivity index (χ0) is 18.4. The molecule has 0 radical (unpaired) electrons. The van der Waals surface area contributed by atoms with Gasteiger partial charge in [-0.05, 0) is 50.0 Å². The van der Waals surface area contributed by atoms with E-state index in [9.17, 15) is 4.79 Å². The minimum atomic E-state index is -0.121. The summed E-state index contributed by atoms with van der Waals surface area (Å²) in [5, 5.41) is 8.81. The van der Waals surface area contributed by atoms with E-state index in [1.165, 1.54) is 5.56 Å². The summed E-state index contributed by atoms with van der Waals surface area (Å²) in [6.45, 7) is 1.17. The summed E-state index contributed by atoms with van der Waals surface area (Å²) < 4.78 is 6.18. The van der Waals surface area contributed by atoms with E-state index in [0.717, 1.165) is 38.5 Å². The van der Waals surface area contributed by atoms with Gasteiger partial charge in [-0.1, -0.05) is 30.3 Å². The van der Waals surface area contributed by atoms with Gasteiger partial charge in [0.25, 0.3) is 0 Å². The van der Waals surface area contributed by atoms with Crippen molar-refractivity contribution in [1.29, 1.82) is 5.26 Å². The van der Waals surface area contributed by atoms with Gasteiger partial charge in [0.15, 0.2) is 0 Å². The zero-order valence-electron chi connectivity index (χ0n) is 15.3. The van der Waals surface area contributed by atoms with E-state index in [1.807, 2.05) is 6.07 Å². The maximum absolute atomic E-state index is 12.2. The summed E-state index contributed by atoms with van der Waals surface area (Å²) in [5.41, 5.74) is 7.68. The van der Waals surface area contributed by atoms with Gasteiger partial charge in [0.2, 0.25) is 5.91 Å². The summed E-state index contributed by atoms with van der Waals surface area (Å²) in [6.07, 6.45) is 6.36. The average molecular weight is 355 g/mol. The van der Waals surface area contributed by atoms with E-state index < -0.39 is 0 Å². The van der Waals surface area contributed by atoms with Crippen LogP contribution < -0.4 is 5.73 Å². The second kappa shape index (κ2) is 9.16. The molecule has 1 aromatic rings. The fraction of sp³-hybridized carbons (Fsp3) is 0.619. The quantitative estimate of drug-likeness (QED) is 0.881. The van der Waals surface area contributed by atoms with Crippen molar-refractivity contribution in [3.05, 3.63) is 35.9 Å². The molecule has 0 bridgehead atoms. The van der Waals surface area contributed by atoms with Gasteiger partial charge in [-0.15, -0.1) is 0 Å². The number of rotatable bonds is 5. The first kappa shape index (κ1) is 18.9. The third-order valence-electron chi connectivity index (χ3n) is 5.83. The summed E-state index contributed by atoms with van der Waals surface area (Å²) in [6, 6.07) is 12.5. The van der Waals surface area contributed by atoms with Crippen LogP contribution in [0.4, 0.5) is 0 Å². The highest BCUT2D eigenvalue weighted by atomic mass is 16.5. The normalized spacial score (nSPS) is 29.2. The first-order valence-corrected chi connectivity index (χ1v) is 9.77. The number of nitrogens with zero attached hydrogens (tertiary/aromatic N) is 2. The second-order valence-electron chi connectivity index (χ2n) is 7.51. The molecule has 1 aliphatic carbocycles. The average Bonchev–Trinajstić information content (AvgIpc) is 2.68. The fourth-order valence-corrected chi connectivity index (χ4v) is 4.30. The van der Waals surface area contributed by atoms with Gasteiger partial charge in [-0.3, -0.25) is 4.79 Å². The highest BCUT2D eigenvalue weighted by Crippen LogP contribution is 2.34. The number of hydrogen-bond acceptors (Lipinski definition) is 4. The highest BCUT2D eigenvalue weighted by Gasteiger charge is 2.33. The lowest BCUT2D eigenvalue weighted by Gasteiger charge is -2.40. The van der Waals surface area contributed by atoms with E-state index in [0.29, 0.717) is 19.1 Å². The van der Waals surface area contributed by atoms with Crippen LogP contribution in [0.1, 0.15) is 56.4 Å². The monoisotopic (exact) mass is 355 g/mol. The van der Waals surface area contributed by atoms with Crippen LogP contribution in [0.15, 0.2) is 30.3 Å². The lowest BCUT2D eigenvalue weighted by Crippen LogP contribution is -2.56. The van der Waals surface area contributed by atoms with Gasteiger partial charge < -0.3 is 15.4 Å². The zero-order valence-corrected chi connectivity index (χ0v) is 15.3. The van der Waals surface area contributed by atoms with Crippen LogP contribution in [0.5, 0.6) is 0 Å². The van der Waals surface area contributed by atoms with Gasteiger partial charge in [0.1, 0.15) is 6.42 Å². The molecule has 1 aliphatic heterocycles. The third kappa shape index (κ3) is 4.63. The number of nitriles is 1. The van der Waals surface area contributed by atoms with Crippen molar-refractivity contribution in [2.24, 2.45) is 5.73 Å². The Hall–Kier alpha value is -1.90. The van der Waals surface area contributed by atoms with Crippen LogP contribution in [-0.2, 0) is 9.53 Å². The van der Waals surface area contributed by atoms with Crippen LogP contribution in [0.3, 0.4) is 0 Å². The number of ether oxygens (including phenoxy) is 1. The van der Waals surface area contributed by atoms with Crippen molar-refractivity contribution < 1.29 is 9.53 Å². The third-order valence-corrected chi connectivity index (χ3v) is 5.83. The Morgan fingerprint density at radius 1 is 1.19 bits per heavy atom. The first-order valence-electron chi connectivity index (χ1n) is 9.77. The SMILES string of the molecule is N#CCC(=O)N1CCC[C@H](N)[C@@H]1COC1CCC(c2ccccc2)CC1. The maximum atomic E-state index is 12.2. The number of likely N-dealkylation sites (tertiary alicyclic amines) is 1. The minimum Gasteiger partial charge on any atom is -0.376 e. The molecule has 1 amide bonds. The number of carbonyl (C=O) groups is 1. The molecule has 0 unspecified atom stereocenters. The van der Waals surface area contributed by atoms with Gasteiger partial charge in [0, 0.05) is 12.6 Å². The van der Waals surface area contributed by atoms with Crippen molar-refractivity contribution >= 4 is 5.91 Å². The summed E-state index contributed by atoms with van der Waals surface area (Å²) in [7, 11) is 0. The van der Waals surface area contributed by atoms with Crippen molar-refractivity contribution in [2.45, 2.75) is 69.1 Å². The molecule has 140 valence electrons. The standard InChI is InChI=1S/C21H29N3O2/c22-13-12-21(25)24-14-4-7-19(23)20(24)15-26-18-10-8-17(9-11-18)16-5-2-1-3-6-16/h1-3,5-6,17-20H,4,7-12,14-15,23H2/t17?,18?,19-,20-/m0/s1. The molecule has 2 aliphatic rings. The van der Waals surface area contributed by atoms with E-state index in [-0.39, 0.29) is 30.5 Å². The molecule has 1 saturated carbocycles. The van der Waals surface area contributed by atoms with Crippen LogP contribution >= 0.6 is 0 Å². The van der Waals surface area contributed by atoms with Crippen LogP contribution in [0, 0.1) is 11.3 Å². The van der Waals surface area contributed by atoms with Gasteiger partial charge in [-0.2, -0.15) is 5.26 Å². The molecule has 2 N–H and O–H groups in total. The predicted molar refractivity (Wildman–Crippen MR) is 100 cm³/mol. The second-order valence-corrected chi connectivity index (χ2v) is 7.51. The molecule has 5 nitrogen and oxygen atoms in total. The fourth-order valence-electron chi connectivity index (χ4n) is 4.30. The number of benzene rings is 1. The van der Waals surface area contributed by atoms with Gasteiger partial charge in [0.05, 0.1) is 24.8 Å². The Morgan fingerprint density at radius 3 is 2.62 bits per heavy atom. The van der Waals surface area contributed by atoms with Crippen LogP contribution in [-0.4, -0.2) is 42.1 Å². The molecule has 0 spiro atoms. The highest BCUT2D eigenvalue weighted by molar-refractivity contribution is 5.78.